The number of ether oxygens (including phenoxy) is 1. The van der Waals surface area contributed by atoms with Crippen LogP contribution in [0, 0.1) is 11.3 Å². The largest absolute Gasteiger partial charge is 0.379 e. The molecule has 0 aromatic heterocycles. The minimum atomic E-state index is 0. The minimum Gasteiger partial charge on any atom is -0.379 e. The molecule has 2 saturated heterocycles. The van der Waals surface area contributed by atoms with Gasteiger partial charge in [0, 0.05) is 38.0 Å². The van der Waals surface area contributed by atoms with E-state index in [1.165, 1.54) is 44.9 Å². The van der Waals surface area contributed by atoms with Gasteiger partial charge >= 0.3 is 0 Å². The van der Waals surface area contributed by atoms with Crippen LogP contribution in [0.15, 0.2) is 0 Å². The fourth-order valence-electron chi connectivity index (χ4n) is 4.81. The fourth-order valence-corrected chi connectivity index (χ4v) is 4.81. The van der Waals surface area contributed by atoms with Gasteiger partial charge in [0.2, 0.25) is 5.91 Å². The lowest BCUT2D eigenvalue weighted by Crippen LogP contribution is -2.49. The highest BCUT2D eigenvalue weighted by Crippen LogP contribution is 2.36. The van der Waals surface area contributed by atoms with Crippen LogP contribution in [0.2, 0.25) is 0 Å². The number of piperidine rings is 1. The first kappa shape index (κ1) is 25.0. The Labute approximate surface area is 177 Å². The second-order valence-electron chi connectivity index (χ2n) is 8.46. The summed E-state index contributed by atoms with van der Waals surface area (Å²) in [4.78, 5) is 15.0. The van der Waals surface area contributed by atoms with E-state index in [-0.39, 0.29) is 30.7 Å². The Morgan fingerprint density at radius 2 is 1.74 bits per heavy atom. The van der Waals surface area contributed by atoms with E-state index in [9.17, 15) is 4.79 Å². The number of hydrogen-bond acceptors (Lipinski definition) is 4. The molecular weight excluding hydrogens is 385 g/mol. The van der Waals surface area contributed by atoms with Crippen LogP contribution in [0.1, 0.15) is 57.8 Å². The Bertz CT molecular complexity index is 408. The normalized spacial score (nSPS) is 23.7. The highest BCUT2D eigenvalue weighted by molar-refractivity contribution is 5.85. The van der Waals surface area contributed by atoms with Crippen LogP contribution >= 0.6 is 24.8 Å². The van der Waals surface area contributed by atoms with Crippen LogP contribution in [-0.4, -0.2) is 63.3 Å². The molecule has 0 atom stereocenters. The Morgan fingerprint density at radius 1 is 1.07 bits per heavy atom. The zero-order chi connectivity index (χ0) is 17.4. The van der Waals surface area contributed by atoms with Crippen LogP contribution < -0.4 is 10.6 Å². The Balaban J connectivity index is 0.00000182. The number of morpholine rings is 1. The third-order valence-corrected chi connectivity index (χ3v) is 6.48. The summed E-state index contributed by atoms with van der Waals surface area (Å²) in [5, 5.41) is 6.71. The molecule has 1 amide bonds. The summed E-state index contributed by atoms with van der Waals surface area (Å²) >= 11 is 0. The molecule has 27 heavy (non-hydrogen) atoms. The maximum atomic E-state index is 12.4. The first-order valence-corrected chi connectivity index (χ1v) is 10.5. The molecule has 0 spiro atoms. The second-order valence-corrected chi connectivity index (χ2v) is 8.46. The lowest BCUT2D eigenvalue weighted by Gasteiger charge is -2.42. The molecule has 0 radical (unpaired) electrons. The molecule has 160 valence electrons. The highest BCUT2D eigenvalue weighted by atomic mass is 35.5. The van der Waals surface area contributed by atoms with E-state index in [0.717, 1.165) is 64.8 Å². The van der Waals surface area contributed by atoms with Gasteiger partial charge in [-0.2, -0.15) is 0 Å². The summed E-state index contributed by atoms with van der Waals surface area (Å²) in [6.07, 6.45) is 10.7. The molecule has 3 fully saturated rings. The van der Waals surface area contributed by atoms with E-state index >= 15 is 0 Å². The predicted octanol–water partition coefficient (Wildman–Crippen LogP) is 3.01. The third kappa shape index (κ3) is 8.45. The van der Waals surface area contributed by atoms with Gasteiger partial charge in [-0.25, -0.2) is 0 Å². The molecule has 2 N–H and O–H groups in total. The molecule has 0 aromatic carbocycles. The zero-order valence-corrected chi connectivity index (χ0v) is 18.3. The van der Waals surface area contributed by atoms with E-state index in [1.54, 1.807) is 0 Å². The van der Waals surface area contributed by atoms with Gasteiger partial charge in [0.15, 0.2) is 0 Å². The number of amides is 1. The van der Waals surface area contributed by atoms with Gasteiger partial charge in [0.25, 0.3) is 0 Å². The molecule has 5 nitrogen and oxygen atoms in total. The van der Waals surface area contributed by atoms with E-state index in [2.05, 4.69) is 15.5 Å². The molecule has 0 unspecified atom stereocenters. The Morgan fingerprint density at radius 3 is 2.41 bits per heavy atom. The van der Waals surface area contributed by atoms with Gasteiger partial charge in [-0.05, 0) is 51.1 Å². The van der Waals surface area contributed by atoms with Crippen molar-refractivity contribution < 1.29 is 9.53 Å². The average molecular weight is 424 g/mol. The summed E-state index contributed by atoms with van der Waals surface area (Å²) in [7, 11) is 0. The smallest absolute Gasteiger partial charge is 0.220 e. The van der Waals surface area contributed by atoms with Crippen LogP contribution in [0.3, 0.4) is 0 Å². The maximum absolute atomic E-state index is 12.4. The lowest BCUT2D eigenvalue weighted by atomic mass is 9.73. The number of carbonyl (C=O) groups is 1. The van der Waals surface area contributed by atoms with E-state index in [4.69, 9.17) is 4.74 Å². The molecule has 3 aliphatic rings. The molecule has 0 bridgehead atoms. The third-order valence-electron chi connectivity index (χ3n) is 6.48. The van der Waals surface area contributed by atoms with Crippen molar-refractivity contribution in [2.45, 2.75) is 57.8 Å². The van der Waals surface area contributed by atoms with E-state index in [0.29, 0.717) is 11.8 Å². The zero-order valence-electron chi connectivity index (χ0n) is 16.7. The van der Waals surface area contributed by atoms with Gasteiger partial charge < -0.3 is 15.4 Å². The van der Waals surface area contributed by atoms with Crippen molar-refractivity contribution >= 4 is 30.7 Å². The van der Waals surface area contributed by atoms with Gasteiger partial charge in [-0.3, -0.25) is 9.69 Å². The maximum Gasteiger partial charge on any atom is 0.220 e. The monoisotopic (exact) mass is 423 g/mol. The van der Waals surface area contributed by atoms with Crippen molar-refractivity contribution in [3.63, 3.8) is 0 Å². The fraction of sp³-hybridized carbons (Fsp3) is 0.950. The molecule has 2 aliphatic heterocycles. The molecule has 1 saturated carbocycles. The van der Waals surface area contributed by atoms with Crippen molar-refractivity contribution in [1.29, 1.82) is 0 Å². The first-order chi connectivity index (χ1) is 12.3. The van der Waals surface area contributed by atoms with Crippen molar-refractivity contribution in [2.75, 3.05) is 52.5 Å². The summed E-state index contributed by atoms with van der Waals surface area (Å²) in [5.41, 5.74) is 0.292. The van der Waals surface area contributed by atoms with Gasteiger partial charge in [0.1, 0.15) is 0 Å². The topological polar surface area (TPSA) is 53.6 Å². The molecule has 3 rings (SSSR count). The van der Waals surface area contributed by atoms with Gasteiger partial charge in [0.05, 0.1) is 13.2 Å². The first-order valence-electron chi connectivity index (χ1n) is 10.5. The van der Waals surface area contributed by atoms with Crippen molar-refractivity contribution in [3.8, 4) is 0 Å². The molecule has 7 heteroatoms. The van der Waals surface area contributed by atoms with Crippen LogP contribution in [0.5, 0.6) is 0 Å². The summed E-state index contributed by atoms with van der Waals surface area (Å²) < 4.78 is 5.49. The Kier molecular flexibility index (Phi) is 12.2. The lowest BCUT2D eigenvalue weighted by molar-refractivity contribution is -0.122. The Hall–Kier alpha value is -0.0700. The van der Waals surface area contributed by atoms with Gasteiger partial charge in [-0.1, -0.05) is 19.3 Å². The number of rotatable bonds is 7. The van der Waals surface area contributed by atoms with E-state index < -0.39 is 0 Å². The van der Waals surface area contributed by atoms with Crippen molar-refractivity contribution in [3.05, 3.63) is 0 Å². The number of halogens is 2. The second kappa shape index (κ2) is 13.2. The molecular formula is C20H39Cl2N3O2. The summed E-state index contributed by atoms with van der Waals surface area (Å²) in [6, 6.07) is 0. The minimum absolute atomic E-state index is 0. The van der Waals surface area contributed by atoms with Crippen LogP contribution in [0.4, 0.5) is 0 Å². The van der Waals surface area contributed by atoms with E-state index in [1.807, 2.05) is 0 Å². The predicted molar refractivity (Wildman–Crippen MR) is 115 cm³/mol. The van der Waals surface area contributed by atoms with Crippen molar-refractivity contribution in [1.82, 2.24) is 15.5 Å². The SMILES string of the molecule is Cl.Cl.O=C(CCC1CCNCC1)NCC1(CN2CCOCC2)CCCCC1. The summed E-state index contributed by atoms with van der Waals surface area (Å²) in [6.45, 7) is 8.05. The van der Waals surface area contributed by atoms with Crippen LogP contribution in [-0.2, 0) is 9.53 Å². The summed E-state index contributed by atoms with van der Waals surface area (Å²) in [5.74, 6) is 1.01. The molecule has 1 aliphatic carbocycles. The average Bonchev–Trinajstić information content (AvgIpc) is 2.67. The number of nitrogens with zero attached hydrogens (tertiary/aromatic N) is 1. The van der Waals surface area contributed by atoms with Gasteiger partial charge in [-0.15, -0.1) is 24.8 Å². The molecule has 2 heterocycles. The van der Waals surface area contributed by atoms with Crippen molar-refractivity contribution in [2.24, 2.45) is 11.3 Å². The quantitative estimate of drug-likeness (QED) is 0.660. The molecule has 0 aromatic rings. The van der Waals surface area contributed by atoms with Crippen LogP contribution in [0.25, 0.3) is 0 Å². The number of hydrogen-bond donors (Lipinski definition) is 2. The highest BCUT2D eigenvalue weighted by Gasteiger charge is 2.34. The number of nitrogens with one attached hydrogen (secondary N) is 2. The standard InChI is InChI=1S/C20H37N3O2.2ClH/c24-19(5-4-18-6-10-21-11-7-18)22-16-20(8-2-1-3-9-20)17-23-12-14-25-15-13-23;;/h18,21H,1-17H2,(H,22,24);2*1H. The number of carbonyl (C=O) groups excluding carboxylic acids is 1.